The molecule has 2 aliphatic carbocycles. The van der Waals surface area contributed by atoms with Gasteiger partial charge in [0.05, 0.1) is 12.2 Å². The lowest BCUT2D eigenvalue weighted by Crippen LogP contribution is -2.67. The second-order valence-electron chi connectivity index (χ2n) is 5.80. The third-order valence-corrected chi connectivity index (χ3v) is 5.62. The third kappa shape index (κ3) is 2.35. The van der Waals surface area contributed by atoms with Crippen molar-refractivity contribution in [3.05, 3.63) is 22.4 Å². The summed E-state index contributed by atoms with van der Waals surface area (Å²) in [6, 6.07) is 2.53. The van der Waals surface area contributed by atoms with Gasteiger partial charge in [-0.25, -0.2) is 0 Å². The van der Waals surface area contributed by atoms with E-state index < -0.39 is 0 Å². The van der Waals surface area contributed by atoms with E-state index in [1.165, 1.54) is 19.3 Å². The zero-order valence-corrected chi connectivity index (χ0v) is 12.3. The molecule has 1 aromatic heterocycles. The van der Waals surface area contributed by atoms with Crippen LogP contribution in [0.15, 0.2) is 16.8 Å². The Kier molecular flexibility index (Phi) is 3.94. The van der Waals surface area contributed by atoms with Crippen LogP contribution in [0.1, 0.15) is 44.3 Å². The van der Waals surface area contributed by atoms with Crippen LogP contribution in [0, 0.1) is 5.41 Å². The first kappa shape index (κ1) is 13.6. The van der Waals surface area contributed by atoms with Gasteiger partial charge >= 0.3 is 0 Å². The molecule has 3 atom stereocenters. The minimum atomic E-state index is -0.380. The summed E-state index contributed by atoms with van der Waals surface area (Å²) in [7, 11) is 0. The van der Waals surface area contributed by atoms with Gasteiger partial charge in [-0.05, 0) is 48.6 Å². The van der Waals surface area contributed by atoms with Gasteiger partial charge < -0.3 is 15.2 Å². The van der Waals surface area contributed by atoms with Crippen molar-refractivity contribution in [2.24, 2.45) is 5.41 Å². The first-order valence-corrected chi connectivity index (χ1v) is 8.25. The summed E-state index contributed by atoms with van der Waals surface area (Å²) in [5.41, 5.74) is 1.41. The molecule has 2 saturated carbocycles. The molecule has 0 saturated heterocycles. The Morgan fingerprint density at radius 3 is 3.00 bits per heavy atom. The van der Waals surface area contributed by atoms with Crippen molar-refractivity contribution in [2.45, 2.75) is 50.9 Å². The predicted molar refractivity (Wildman–Crippen MR) is 77.4 cm³/mol. The highest BCUT2D eigenvalue weighted by Crippen LogP contribution is 2.57. The van der Waals surface area contributed by atoms with E-state index in [0.717, 1.165) is 18.6 Å². The zero-order chi connectivity index (χ0) is 13.3. The Labute approximate surface area is 119 Å². The summed E-state index contributed by atoms with van der Waals surface area (Å²) in [5.74, 6) is 0. The molecule has 2 N–H and O–H groups in total. The summed E-state index contributed by atoms with van der Waals surface area (Å²) in [5, 5.41) is 17.7. The average Bonchev–Trinajstić information content (AvgIpc) is 2.84. The van der Waals surface area contributed by atoms with Crippen LogP contribution in [-0.2, 0) is 4.74 Å². The summed E-state index contributed by atoms with van der Waals surface area (Å²) in [6.45, 7) is 3.55. The molecule has 0 amide bonds. The van der Waals surface area contributed by atoms with E-state index in [1.54, 1.807) is 11.3 Å². The maximum absolute atomic E-state index is 10.1. The standard InChI is InChI=1S/C15H23NO2S/c1-2-18-14-8-13(15(14)5-3-6-15)16-9-12(17)11-4-7-19-10-11/h4,7,10,12-14,16-17H,2-3,5-6,8-9H2,1H3. The highest BCUT2D eigenvalue weighted by Gasteiger charge is 2.58. The fraction of sp³-hybridized carbons (Fsp3) is 0.733. The van der Waals surface area contributed by atoms with Gasteiger partial charge in [-0.2, -0.15) is 11.3 Å². The van der Waals surface area contributed by atoms with E-state index in [2.05, 4.69) is 12.2 Å². The van der Waals surface area contributed by atoms with E-state index in [4.69, 9.17) is 4.74 Å². The average molecular weight is 281 g/mol. The van der Waals surface area contributed by atoms with E-state index in [0.29, 0.717) is 24.1 Å². The van der Waals surface area contributed by atoms with Crippen LogP contribution in [0.2, 0.25) is 0 Å². The quantitative estimate of drug-likeness (QED) is 0.842. The molecule has 0 bridgehead atoms. The number of hydrogen-bond donors (Lipinski definition) is 2. The van der Waals surface area contributed by atoms with Crippen molar-refractivity contribution in [1.29, 1.82) is 0 Å². The molecule has 19 heavy (non-hydrogen) atoms. The molecular weight excluding hydrogens is 258 g/mol. The SMILES string of the molecule is CCOC1CC(NCC(O)c2ccsc2)C12CCC2. The lowest BCUT2D eigenvalue weighted by molar-refractivity contribution is -0.173. The summed E-state index contributed by atoms with van der Waals surface area (Å²) in [6.07, 6.45) is 5.06. The fourth-order valence-corrected chi connectivity index (χ4v) is 4.27. The monoisotopic (exact) mass is 281 g/mol. The molecule has 1 aromatic rings. The van der Waals surface area contributed by atoms with Gasteiger partial charge in [0.15, 0.2) is 0 Å². The molecule has 2 fully saturated rings. The van der Waals surface area contributed by atoms with Crippen LogP contribution < -0.4 is 5.32 Å². The number of aliphatic hydroxyl groups excluding tert-OH is 1. The maximum atomic E-state index is 10.1. The molecule has 0 radical (unpaired) electrons. The first-order chi connectivity index (χ1) is 9.26. The van der Waals surface area contributed by atoms with Crippen LogP contribution in [-0.4, -0.2) is 30.4 Å². The van der Waals surface area contributed by atoms with E-state index in [9.17, 15) is 5.11 Å². The van der Waals surface area contributed by atoms with E-state index >= 15 is 0 Å². The molecule has 1 spiro atoms. The Balaban J connectivity index is 1.51. The van der Waals surface area contributed by atoms with Crippen LogP contribution in [0.25, 0.3) is 0 Å². The molecule has 3 rings (SSSR count). The predicted octanol–water partition coefficient (Wildman–Crippen LogP) is 2.72. The normalized spacial score (nSPS) is 29.8. The van der Waals surface area contributed by atoms with Crippen molar-refractivity contribution in [1.82, 2.24) is 5.32 Å². The second kappa shape index (κ2) is 5.52. The third-order valence-electron chi connectivity index (χ3n) is 4.92. The number of rotatable bonds is 6. The van der Waals surface area contributed by atoms with Crippen LogP contribution in [0.3, 0.4) is 0 Å². The van der Waals surface area contributed by atoms with Crippen LogP contribution in [0.5, 0.6) is 0 Å². The second-order valence-corrected chi connectivity index (χ2v) is 6.58. The number of thiophene rings is 1. The Morgan fingerprint density at radius 2 is 2.42 bits per heavy atom. The Hall–Kier alpha value is -0.420. The van der Waals surface area contributed by atoms with Gasteiger partial charge in [0.2, 0.25) is 0 Å². The number of aliphatic hydroxyl groups is 1. The molecule has 106 valence electrons. The van der Waals surface area contributed by atoms with Gasteiger partial charge in [0.1, 0.15) is 0 Å². The Bertz CT molecular complexity index is 402. The highest BCUT2D eigenvalue weighted by atomic mass is 32.1. The van der Waals surface area contributed by atoms with Crippen molar-refractivity contribution in [3.8, 4) is 0 Å². The number of ether oxygens (including phenoxy) is 1. The molecule has 2 aliphatic rings. The van der Waals surface area contributed by atoms with Gasteiger partial charge in [-0.1, -0.05) is 6.42 Å². The molecule has 1 heterocycles. The lowest BCUT2D eigenvalue weighted by Gasteiger charge is -2.61. The van der Waals surface area contributed by atoms with Gasteiger partial charge in [0.25, 0.3) is 0 Å². The van der Waals surface area contributed by atoms with Gasteiger partial charge in [0, 0.05) is 24.6 Å². The number of hydrogen-bond acceptors (Lipinski definition) is 4. The lowest BCUT2D eigenvalue weighted by atomic mass is 9.51. The van der Waals surface area contributed by atoms with Gasteiger partial charge in [-0.3, -0.25) is 0 Å². The highest BCUT2D eigenvalue weighted by molar-refractivity contribution is 7.07. The smallest absolute Gasteiger partial charge is 0.0922 e. The minimum Gasteiger partial charge on any atom is -0.387 e. The summed E-state index contributed by atoms with van der Waals surface area (Å²) < 4.78 is 5.84. The molecule has 3 nitrogen and oxygen atoms in total. The van der Waals surface area contributed by atoms with E-state index in [-0.39, 0.29) is 6.10 Å². The minimum absolute atomic E-state index is 0.379. The van der Waals surface area contributed by atoms with Crippen molar-refractivity contribution in [2.75, 3.05) is 13.2 Å². The van der Waals surface area contributed by atoms with Crippen molar-refractivity contribution < 1.29 is 9.84 Å². The first-order valence-electron chi connectivity index (χ1n) is 7.31. The summed E-state index contributed by atoms with van der Waals surface area (Å²) >= 11 is 1.64. The molecular formula is C15H23NO2S. The molecule has 0 aliphatic heterocycles. The topological polar surface area (TPSA) is 41.5 Å². The Morgan fingerprint density at radius 1 is 1.58 bits per heavy atom. The van der Waals surface area contributed by atoms with Gasteiger partial charge in [-0.15, -0.1) is 0 Å². The largest absolute Gasteiger partial charge is 0.387 e. The number of nitrogens with one attached hydrogen (secondary N) is 1. The molecule has 4 heteroatoms. The maximum Gasteiger partial charge on any atom is 0.0922 e. The van der Waals surface area contributed by atoms with Crippen molar-refractivity contribution in [3.63, 3.8) is 0 Å². The van der Waals surface area contributed by atoms with E-state index in [1.807, 2.05) is 16.8 Å². The van der Waals surface area contributed by atoms with Crippen LogP contribution in [0.4, 0.5) is 0 Å². The zero-order valence-electron chi connectivity index (χ0n) is 11.5. The molecule has 0 aromatic carbocycles. The van der Waals surface area contributed by atoms with Crippen LogP contribution >= 0.6 is 11.3 Å². The van der Waals surface area contributed by atoms with Crippen molar-refractivity contribution >= 4 is 11.3 Å². The molecule has 3 unspecified atom stereocenters. The fourth-order valence-electron chi connectivity index (χ4n) is 3.56. The summed E-state index contributed by atoms with van der Waals surface area (Å²) in [4.78, 5) is 0.